The zero-order valence-corrected chi connectivity index (χ0v) is 12.9. The molecule has 0 saturated heterocycles. The number of benzene rings is 1. The average Bonchev–Trinajstić information content (AvgIpc) is 3.03. The second-order valence-corrected chi connectivity index (χ2v) is 5.81. The summed E-state index contributed by atoms with van der Waals surface area (Å²) >= 11 is 0. The van der Waals surface area contributed by atoms with Crippen LogP contribution in [0.4, 0.5) is 0 Å². The van der Waals surface area contributed by atoms with Gasteiger partial charge < -0.3 is 5.32 Å². The highest BCUT2D eigenvalue weighted by molar-refractivity contribution is 6.05. The van der Waals surface area contributed by atoms with E-state index in [1.54, 1.807) is 6.20 Å². The van der Waals surface area contributed by atoms with E-state index in [1.165, 1.54) is 0 Å². The van der Waals surface area contributed by atoms with Gasteiger partial charge in [0.2, 0.25) is 5.91 Å². The molecule has 3 aromatic rings. The van der Waals surface area contributed by atoms with Crippen LogP contribution in [-0.2, 0) is 11.3 Å². The van der Waals surface area contributed by atoms with Crippen molar-refractivity contribution in [1.82, 2.24) is 14.9 Å². The fourth-order valence-electron chi connectivity index (χ4n) is 3.12. The first kappa shape index (κ1) is 13.8. The molecule has 1 aliphatic rings. The van der Waals surface area contributed by atoms with Gasteiger partial charge in [0.15, 0.2) is 0 Å². The lowest BCUT2D eigenvalue weighted by molar-refractivity contribution is -0.121. The van der Waals surface area contributed by atoms with E-state index < -0.39 is 0 Å². The molecule has 1 unspecified atom stereocenters. The van der Waals surface area contributed by atoms with Gasteiger partial charge in [0, 0.05) is 18.9 Å². The average molecular weight is 303 g/mol. The Morgan fingerprint density at radius 1 is 1.17 bits per heavy atom. The van der Waals surface area contributed by atoms with E-state index in [1.807, 2.05) is 54.0 Å². The van der Waals surface area contributed by atoms with Gasteiger partial charge in [0.25, 0.3) is 0 Å². The molecule has 1 N–H and O–H groups in total. The highest BCUT2D eigenvalue weighted by atomic mass is 16.2. The Morgan fingerprint density at radius 2 is 2.00 bits per heavy atom. The summed E-state index contributed by atoms with van der Waals surface area (Å²) in [5, 5.41) is 7.26. The summed E-state index contributed by atoms with van der Waals surface area (Å²) in [6, 6.07) is 16.0. The number of hydrogen-bond acceptors (Lipinski definition) is 2. The van der Waals surface area contributed by atoms with Crippen LogP contribution in [0.2, 0.25) is 0 Å². The third-order valence-electron chi connectivity index (χ3n) is 4.39. The minimum Gasteiger partial charge on any atom is -0.351 e. The van der Waals surface area contributed by atoms with Crippen molar-refractivity contribution in [1.29, 1.82) is 0 Å². The highest BCUT2D eigenvalue weighted by Crippen LogP contribution is 2.46. The van der Waals surface area contributed by atoms with Gasteiger partial charge in [-0.3, -0.25) is 4.79 Å². The smallest absolute Gasteiger partial charge is 0.231 e. The molecule has 1 aliphatic carbocycles. The minimum absolute atomic E-state index is 0.0721. The molecule has 4 heteroatoms. The van der Waals surface area contributed by atoms with Gasteiger partial charge in [-0.2, -0.15) is 5.10 Å². The number of carbonyl (C=O) groups is 1. The lowest BCUT2D eigenvalue weighted by Crippen LogP contribution is -2.26. The molecule has 0 spiro atoms. The molecular formula is C19H17N3O. The summed E-state index contributed by atoms with van der Waals surface area (Å²) in [4.78, 5) is 12.5. The monoisotopic (exact) mass is 303 g/mol. The Morgan fingerprint density at radius 3 is 2.83 bits per heavy atom. The van der Waals surface area contributed by atoms with Gasteiger partial charge in [-0.1, -0.05) is 42.0 Å². The molecule has 1 aromatic carbocycles. The van der Waals surface area contributed by atoms with Crippen LogP contribution in [0.1, 0.15) is 18.1 Å². The van der Waals surface area contributed by atoms with Crippen molar-refractivity contribution in [3.8, 4) is 0 Å². The summed E-state index contributed by atoms with van der Waals surface area (Å²) < 4.78 is 1.82. The van der Waals surface area contributed by atoms with Gasteiger partial charge in [-0.25, -0.2) is 4.52 Å². The van der Waals surface area contributed by atoms with Crippen molar-refractivity contribution >= 4 is 17.0 Å². The lowest BCUT2D eigenvalue weighted by Gasteiger charge is -2.07. The standard InChI is InChI=1S/C19H17N3O/c1-13-17(14-6-3-2-4-7-14)18(13)19(23)20-12-15-8-5-11-22-16(15)9-10-21-22/h2-11,18H,12H2,1H3,(H,20,23). The van der Waals surface area contributed by atoms with Crippen molar-refractivity contribution in [3.05, 3.63) is 77.6 Å². The number of amides is 1. The van der Waals surface area contributed by atoms with Crippen molar-refractivity contribution in [2.45, 2.75) is 13.5 Å². The Balaban J connectivity index is 1.45. The minimum atomic E-state index is -0.0814. The maximum absolute atomic E-state index is 12.5. The molecule has 2 aromatic heterocycles. The van der Waals surface area contributed by atoms with E-state index in [0.717, 1.165) is 27.8 Å². The third kappa shape index (κ3) is 2.42. The SMILES string of the molecule is CC1=C(c2ccccc2)C1C(=O)NCc1cccn2nccc12. The molecule has 4 rings (SSSR count). The van der Waals surface area contributed by atoms with Gasteiger partial charge in [-0.05, 0) is 35.8 Å². The van der Waals surface area contributed by atoms with E-state index in [0.29, 0.717) is 6.54 Å². The summed E-state index contributed by atoms with van der Waals surface area (Å²) in [7, 11) is 0. The van der Waals surface area contributed by atoms with E-state index >= 15 is 0 Å². The normalized spacial score (nSPS) is 16.7. The number of pyridine rings is 1. The number of rotatable bonds is 4. The second-order valence-electron chi connectivity index (χ2n) is 5.81. The number of nitrogens with one attached hydrogen (secondary N) is 1. The van der Waals surface area contributed by atoms with Gasteiger partial charge >= 0.3 is 0 Å². The van der Waals surface area contributed by atoms with Crippen LogP contribution in [0.15, 0.2) is 66.5 Å². The number of hydrogen-bond donors (Lipinski definition) is 1. The zero-order chi connectivity index (χ0) is 15.8. The molecule has 1 amide bonds. The molecule has 0 saturated carbocycles. The maximum atomic E-state index is 12.5. The van der Waals surface area contributed by atoms with Crippen LogP contribution in [0, 0.1) is 5.92 Å². The molecule has 1 atom stereocenters. The fourth-order valence-corrected chi connectivity index (χ4v) is 3.12. The molecule has 0 fully saturated rings. The largest absolute Gasteiger partial charge is 0.351 e. The Kier molecular flexibility index (Phi) is 3.23. The van der Waals surface area contributed by atoms with Crippen molar-refractivity contribution in [3.63, 3.8) is 0 Å². The van der Waals surface area contributed by atoms with Crippen LogP contribution in [0.25, 0.3) is 11.1 Å². The number of fused-ring (bicyclic) bond motifs is 1. The Bertz CT molecular complexity index is 909. The van der Waals surface area contributed by atoms with E-state index in [2.05, 4.69) is 22.5 Å². The predicted octanol–water partition coefficient (Wildman–Crippen LogP) is 3.05. The van der Waals surface area contributed by atoms with E-state index in [4.69, 9.17) is 0 Å². The number of carbonyl (C=O) groups excluding carboxylic acids is 1. The molecule has 0 aliphatic heterocycles. The van der Waals surface area contributed by atoms with Crippen LogP contribution in [0.5, 0.6) is 0 Å². The third-order valence-corrected chi connectivity index (χ3v) is 4.39. The lowest BCUT2D eigenvalue weighted by atomic mass is 10.1. The van der Waals surface area contributed by atoms with Crippen LogP contribution < -0.4 is 5.32 Å². The second kappa shape index (κ2) is 5.39. The van der Waals surface area contributed by atoms with Crippen molar-refractivity contribution in [2.75, 3.05) is 0 Å². The van der Waals surface area contributed by atoms with Crippen molar-refractivity contribution in [2.24, 2.45) is 5.92 Å². The molecule has 0 bridgehead atoms. The summed E-state index contributed by atoms with van der Waals surface area (Å²) in [5.74, 6) is -0.00934. The van der Waals surface area contributed by atoms with Crippen LogP contribution in [0.3, 0.4) is 0 Å². The number of aromatic nitrogens is 2. The molecule has 0 radical (unpaired) electrons. The Hall–Kier alpha value is -2.88. The summed E-state index contributed by atoms with van der Waals surface area (Å²) in [6.07, 6.45) is 3.67. The first-order valence-corrected chi connectivity index (χ1v) is 7.71. The topological polar surface area (TPSA) is 46.4 Å². The first-order valence-electron chi connectivity index (χ1n) is 7.71. The molecular weight excluding hydrogens is 286 g/mol. The van der Waals surface area contributed by atoms with Gasteiger partial charge in [-0.15, -0.1) is 0 Å². The molecule has 4 nitrogen and oxygen atoms in total. The maximum Gasteiger partial charge on any atom is 0.231 e. The first-order chi connectivity index (χ1) is 11.3. The van der Waals surface area contributed by atoms with E-state index in [9.17, 15) is 4.79 Å². The van der Waals surface area contributed by atoms with Crippen LogP contribution in [-0.4, -0.2) is 15.5 Å². The highest BCUT2D eigenvalue weighted by Gasteiger charge is 2.39. The van der Waals surface area contributed by atoms with Gasteiger partial charge in [0.05, 0.1) is 11.4 Å². The quantitative estimate of drug-likeness (QED) is 0.805. The summed E-state index contributed by atoms with van der Waals surface area (Å²) in [6.45, 7) is 2.55. The van der Waals surface area contributed by atoms with Crippen molar-refractivity contribution < 1.29 is 4.79 Å². The number of nitrogens with zero attached hydrogens (tertiary/aromatic N) is 2. The van der Waals surface area contributed by atoms with Gasteiger partial charge in [0.1, 0.15) is 0 Å². The summed E-state index contributed by atoms with van der Waals surface area (Å²) in [5.41, 5.74) is 5.56. The molecule has 2 heterocycles. The fraction of sp³-hybridized carbons (Fsp3) is 0.158. The van der Waals surface area contributed by atoms with Crippen LogP contribution >= 0.6 is 0 Å². The molecule has 23 heavy (non-hydrogen) atoms. The zero-order valence-electron chi connectivity index (χ0n) is 12.9. The Labute approximate surface area is 134 Å². The molecule has 114 valence electrons. The van der Waals surface area contributed by atoms with E-state index in [-0.39, 0.29) is 11.8 Å². The predicted molar refractivity (Wildman–Crippen MR) is 89.6 cm³/mol.